The van der Waals surface area contributed by atoms with Crippen LogP contribution < -0.4 is 0 Å². The Kier molecular flexibility index (Phi) is 5.87. The fraction of sp³-hybridized carbons (Fsp3) is 1.00. The lowest BCUT2D eigenvalue weighted by Crippen LogP contribution is -2.29. The molecule has 0 aromatic rings. The average Bonchev–Trinajstić information content (AvgIpc) is 2.66. The fourth-order valence-corrected chi connectivity index (χ4v) is 3.16. The predicted molar refractivity (Wildman–Crippen MR) is 72.1 cm³/mol. The largest absolute Gasteiger partial charge is 0.303 e. The smallest absolute Gasteiger partial charge is 0.113 e. The first kappa shape index (κ1) is 14.9. The van der Waals surface area contributed by atoms with Gasteiger partial charge in [0.15, 0.2) is 0 Å². The zero-order valence-corrected chi connectivity index (χ0v) is 12.0. The Balaban J connectivity index is 0.000000686. The van der Waals surface area contributed by atoms with Crippen molar-refractivity contribution in [2.75, 3.05) is 39.8 Å². The number of halogens is 1. The van der Waals surface area contributed by atoms with Gasteiger partial charge in [0.25, 0.3) is 0 Å². The van der Waals surface area contributed by atoms with E-state index in [-0.39, 0.29) is 0 Å². The van der Waals surface area contributed by atoms with Crippen molar-refractivity contribution in [1.29, 1.82) is 0 Å². The van der Waals surface area contributed by atoms with Crippen LogP contribution in [0, 0.1) is 5.41 Å². The highest BCUT2D eigenvalue weighted by molar-refractivity contribution is 4.94. The second-order valence-corrected chi connectivity index (χ2v) is 5.43. The quantitative estimate of drug-likeness (QED) is 0.700. The molecule has 0 radical (unpaired) electrons. The summed E-state index contributed by atoms with van der Waals surface area (Å²) in [5, 5.41) is 0. The third-order valence-electron chi connectivity index (χ3n) is 4.15. The SMILES string of the molecule is CC.CCN1CCC2(CCN(C)CC(F)C2)C1. The summed E-state index contributed by atoms with van der Waals surface area (Å²) >= 11 is 0. The summed E-state index contributed by atoms with van der Waals surface area (Å²) in [6.07, 6.45) is 2.55. The molecule has 0 bridgehead atoms. The molecule has 2 aliphatic rings. The summed E-state index contributed by atoms with van der Waals surface area (Å²) < 4.78 is 13.8. The van der Waals surface area contributed by atoms with E-state index >= 15 is 0 Å². The molecule has 2 saturated heterocycles. The Labute approximate surface area is 106 Å². The molecule has 0 aliphatic carbocycles. The van der Waals surface area contributed by atoms with Crippen LogP contribution in [0.25, 0.3) is 0 Å². The molecule has 0 amide bonds. The first-order valence-corrected chi connectivity index (χ1v) is 7.18. The lowest BCUT2D eigenvalue weighted by atomic mass is 9.79. The van der Waals surface area contributed by atoms with Crippen molar-refractivity contribution in [3.63, 3.8) is 0 Å². The standard InChI is InChI=1S/C12H23FN2.C2H6/c1-3-15-7-5-12(10-15)4-6-14(2)9-11(13)8-12;1-2/h11H,3-10H2,1-2H3;1-2H3. The number of likely N-dealkylation sites (tertiary alicyclic amines) is 2. The van der Waals surface area contributed by atoms with E-state index in [0.29, 0.717) is 12.0 Å². The third-order valence-corrected chi connectivity index (χ3v) is 4.15. The summed E-state index contributed by atoms with van der Waals surface area (Å²) in [4.78, 5) is 4.62. The molecular weight excluding hydrogens is 215 g/mol. The van der Waals surface area contributed by atoms with Gasteiger partial charge in [-0.3, -0.25) is 0 Å². The van der Waals surface area contributed by atoms with Gasteiger partial charge in [0, 0.05) is 13.1 Å². The monoisotopic (exact) mass is 244 g/mol. The molecule has 2 heterocycles. The number of alkyl halides is 1. The Bertz CT molecular complexity index is 222. The molecule has 0 aromatic heterocycles. The maximum Gasteiger partial charge on any atom is 0.113 e. The minimum atomic E-state index is -0.616. The number of rotatable bonds is 1. The topological polar surface area (TPSA) is 6.48 Å². The van der Waals surface area contributed by atoms with Crippen LogP contribution >= 0.6 is 0 Å². The summed E-state index contributed by atoms with van der Waals surface area (Å²) in [5.74, 6) is 0. The molecule has 2 unspecified atom stereocenters. The van der Waals surface area contributed by atoms with Crippen LogP contribution in [0.1, 0.15) is 40.0 Å². The van der Waals surface area contributed by atoms with Crippen molar-refractivity contribution < 1.29 is 4.39 Å². The van der Waals surface area contributed by atoms with Crippen LogP contribution in [0.4, 0.5) is 4.39 Å². The van der Waals surface area contributed by atoms with Gasteiger partial charge in [0.1, 0.15) is 6.17 Å². The summed E-state index contributed by atoms with van der Waals surface area (Å²) in [5.41, 5.74) is 0.292. The Morgan fingerprint density at radius 3 is 2.47 bits per heavy atom. The van der Waals surface area contributed by atoms with E-state index in [4.69, 9.17) is 0 Å². The van der Waals surface area contributed by atoms with Gasteiger partial charge in [-0.2, -0.15) is 0 Å². The highest BCUT2D eigenvalue weighted by atomic mass is 19.1. The van der Waals surface area contributed by atoms with Gasteiger partial charge >= 0.3 is 0 Å². The molecule has 3 heteroatoms. The van der Waals surface area contributed by atoms with E-state index in [9.17, 15) is 4.39 Å². The summed E-state index contributed by atoms with van der Waals surface area (Å²) in [7, 11) is 2.04. The second-order valence-electron chi connectivity index (χ2n) is 5.43. The number of nitrogens with zero attached hydrogens (tertiary/aromatic N) is 2. The van der Waals surface area contributed by atoms with Gasteiger partial charge in [0.2, 0.25) is 0 Å². The van der Waals surface area contributed by atoms with E-state index in [0.717, 1.165) is 26.1 Å². The molecule has 2 fully saturated rings. The summed E-state index contributed by atoms with van der Waals surface area (Å²) in [6.45, 7) is 11.3. The maximum absolute atomic E-state index is 13.8. The van der Waals surface area contributed by atoms with E-state index in [1.54, 1.807) is 0 Å². The van der Waals surface area contributed by atoms with Crippen LogP contribution in [0.15, 0.2) is 0 Å². The van der Waals surface area contributed by atoms with Crippen molar-refractivity contribution in [3.05, 3.63) is 0 Å². The van der Waals surface area contributed by atoms with Gasteiger partial charge in [0.05, 0.1) is 0 Å². The molecule has 0 saturated carbocycles. The van der Waals surface area contributed by atoms with Crippen LogP contribution in [0.5, 0.6) is 0 Å². The molecule has 2 aliphatic heterocycles. The van der Waals surface area contributed by atoms with E-state index in [1.807, 2.05) is 20.9 Å². The number of hydrogen-bond acceptors (Lipinski definition) is 2. The maximum atomic E-state index is 13.8. The van der Waals surface area contributed by atoms with Crippen LogP contribution in [-0.2, 0) is 0 Å². The second kappa shape index (κ2) is 6.69. The lowest BCUT2D eigenvalue weighted by molar-refractivity contribution is 0.180. The average molecular weight is 244 g/mol. The predicted octanol–water partition coefficient (Wildman–Crippen LogP) is 2.79. The minimum Gasteiger partial charge on any atom is -0.303 e. The molecule has 1 spiro atoms. The van der Waals surface area contributed by atoms with Crippen LogP contribution in [0.2, 0.25) is 0 Å². The molecular formula is C14H29FN2. The zero-order valence-electron chi connectivity index (χ0n) is 12.0. The van der Waals surface area contributed by atoms with E-state index < -0.39 is 6.17 Å². The molecule has 17 heavy (non-hydrogen) atoms. The molecule has 102 valence electrons. The van der Waals surface area contributed by atoms with Gasteiger partial charge in [-0.25, -0.2) is 4.39 Å². The van der Waals surface area contributed by atoms with Crippen molar-refractivity contribution in [3.8, 4) is 0 Å². The molecule has 2 rings (SSSR count). The van der Waals surface area contributed by atoms with Crippen molar-refractivity contribution in [2.24, 2.45) is 5.41 Å². The molecule has 0 N–H and O–H groups in total. The van der Waals surface area contributed by atoms with Gasteiger partial charge in [-0.05, 0) is 51.4 Å². The Morgan fingerprint density at radius 2 is 1.88 bits per heavy atom. The Hall–Kier alpha value is -0.150. The fourth-order valence-electron chi connectivity index (χ4n) is 3.16. The lowest BCUT2D eigenvalue weighted by Gasteiger charge is -2.28. The van der Waals surface area contributed by atoms with Crippen LogP contribution in [0.3, 0.4) is 0 Å². The highest BCUT2D eigenvalue weighted by Gasteiger charge is 2.41. The first-order chi connectivity index (χ1) is 8.13. The summed E-state index contributed by atoms with van der Waals surface area (Å²) in [6, 6.07) is 0. The first-order valence-electron chi connectivity index (χ1n) is 7.18. The van der Waals surface area contributed by atoms with Gasteiger partial charge in [-0.15, -0.1) is 0 Å². The normalized spacial score (nSPS) is 35.5. The number of hydrogen-bond donors (Lipinski definition) is 0. The molecule has 2 nitrogen and oxygen atoms in total. The van der Waals surface area contributed by atoms with Crippen molar-refractivity contribution >= 4 is 0 Å². The van der Waals surface area contributed by atoms with Crippen molar-refractivity contribution in [1.82, 2.24) is 9.80 Å². The van der Waals surface area contributed by atoms with Gasteiger partial charge in [-0.1, -0.05) is 20.8 Å². The third kappa shape index (κ3) is 3.92. The van der Waals surface area contributed by atoms with E-state index in [1.165, 1.54) is 19.4 Å². The van der Waals surface area contributed by atoms with Crippen LogP contribution in [-0.4, -0.2) is 55.7 Å². The highest BCUT2D eigenvalue weighted by Crippen LogP contribution is 2.40. The van der Waals surface area contributed by atoms with Crippen molar-refractivity contribution in [2.45, 2.75) is 46.2 Å². The minimum absolute atomic E-state index is 0.292. The van der Waals surface area contributed by atoms with Gasteiger partial charge < -0.3 is 9.80 Å². The molecule has 0 aromatic carbocycles. The zero-order chi connectivity index (χ0) is 12.9. The van der Waals surface area contributed by atoms with E-state index in [2.05, 4.69) is 16.7 Å². The Morgan fingerprint density at radius 1 is 1.24 bits per heavy atom. The molecule has 2 atom stereocenters.